The average Bonchev–Trinajstić information content (AvgIpc) is 2.45. The molecule has 1 aromatic carbocycles. The van der Waals surface area contributed by atoms with Crippen molar-refractivity contribution >= 4 is 0 Å². The van der Waals surface area contributed by atoms with Gasteiger partial charge < -0.3 is 0 Å². The fourth-order valence-electron chi connectivity index (χ4n) is 5.82. The van der Waals surface area contributed by atoms with Gasteiger partial charge in [0.25, 0.3) is 0 Å². The van der Waals surface area contributed by atoms with Gasteiger partial charge in [-0.15, -0.1) is 0 Å². The smallest absolute Gasteiger partial charge is 0.296 e. The Bertz CT molecular complexity index is 557. The Labute approximate surface area is 135 Å². The third-order valence-electron chi connectivity index (χ3n) is 6.49. The first kappa shape index (κ1) is 15.5. The predicted octanol–water partition coefficient (Wildman–Crippen LogP) is 5.11. The van der Waals surface area contributed by atoms with E-state index in [1.165, 1.54) is 50.7 Å². The summed E-state index contributed by atoms with van der Waals surface area (Å²) in [6.07, 6.45) is 3.64. The topological polar surface area (TPSA) is 3.24 Å². The minimum absolute atomic E-state index is 0.239. The zero-order valence-electron chi connectivity index (χ0n) is 13.6. The lowest BCUT2D eigenvalue weighted by Crippen LogP contribution is -2.58. The van der Waals surface area contributed by atoms with E-state index >= 15 is 0 Å². The van der Waals surface area contributed by atoms with Crippen LogP contribution >= 0.6 is 0 Å². The van der Waals surface area contributed by atoms with Gasteiger partial charge in [0.1, 0.15) is 0 Å². The van der Waals surface area contributed by atoms with E-state index in [0.29, 0.717) is 6.54 Å². The van der Waals surface area contributed by atoms with Crippen LogP contribution in [0.25, 0.3) is 0 Å². The largest absolute Gasteiger partial charge is 0.416 e. The molecule has 0 aliphatic heterocycles. The van der Waals surface area contributed by atoms with Gasteiger partial charge in [-0.2, -0.15) is 13.2 Å². The third kappa shape index (κ3) is 2.79. The SMILES string of the molecule is CN(Cc1cccc(C(F)(F)F)c1)C12CC3CC(CC(C3)C1)C2. The maximum Gasteiger partial charge on any atom is 0.416 e. The highest BCUT2D eigenvalue weighted by Gasteiger charge is 2.52. The Hall–Kier alpha value is -1.03. The molecule has 126 valence electrons. The van der Waals surface area contributed by atoms with E-state index in [-0.39, 0.29) is 5.54 Å². The fraction of sp³-hybridized carbons (Fsp3) is 0.684. The molecule has 0 unspecified atom stereocenters. The molecule has 4 heteroatoms. The van der Waals surface area contributed by atoms with Crippen LogP contribution in [0.4, 0.5) is 13.2 Å². The van der Waals surface area contributed by atoms with Gasteiger partial charge in [0, 0.05) is 12.1 Å². The molecule has 0 radical (unpaired) electrons. The van der Waals surface area contributed by atoms with Crippen LogP contribution in [0.3, 0.4) is 0 Å². The molecular weight excluding hydrogens is 299 g/mol. The maximum atomic E-state index is 12.9. The van der Waals surface area contributed by atoms with Gasteiger partial charge >= 0.3 is 6.18 Å². The molecule has 0 atom stereocenters. The molecule has 0 heterocycles. The molecular formula is C19H24F3N. The number of alkyl halides is 3. The second-order valence-corrected chi connectivity index (χ2v) is 8.20. The van der Waals surface area contributed by atoms with E-state index < -0.39 is 11.7 Å². The first-order valence-electron chi connectivity index (χ1n) is 8.71. The van der Waals surface area contributed by atoms with Crippen molar-refractivity contribution < 1.29 is 13.2 Å². The summed E-state index contributed by atoms with van der Waals surface area (Å²) >= 11 is 0. The van der Waals surface area contributed by atoms with Crippen LogP contribution in [0.5, 0.6) is 0 Å². The lowest BCUT2D eigenvalue weighted by molar-refractivity contribution is -0.137. The van der Waals surface area contributed by atoms with Crippen LogP contribution < -0.4 is 0 Å². The summed E-state index contributed by atoms with van der Waals surface area (Å²) in [5.74, 6) is 2.56. The zero-order chi connectivity index (χ0) is 16.2. The van der Waals surface area contributed by atoms with Crippen molar-refractivity contribution in [3.05, 3.63) is 35.4 Å². The van der Waals surface area contributed by atoms with Gasteiger partial charge in [0.15, 0.2) is 0 Å². The summed E-state index contributed by atoms with van der Waals surface area (Å²) in [4.78, 5) is 2.37. The van der Waals surface area contributed by atoms with Crippen molar-refractivity contribution in [1.29, 1.82) is 0 Å². The van der Waals surface area contributed by atoms with E-state index in [0.717, 1.165) is 29.4 Å². The summed E-state index contributed by atoms with van der Waals surface area (Å²) in [7, 11) is 2.12. The van der Waals surface area contributed by atoms with E-state index in [2.05, 4.69) is 11.9 Å². The van der Waals surface area contributed by atoms with Crippen molar-refractivity contribution in [2.75, 3.05) is 7.05 Å². The molecule has 5 rings (SSSR count). The Kier molecular flexibility index (Phi) is 3.53. The van der Waals surface area contributed by atoms with Crippen LogP contribution in [0.1, 0.15) is 49.7 Å². The van der Waals surface area contributed by atoms with Crippen molar-refractivity contribution in [3.8, 4) is 0 Å². The average molecular weight is 323 g/mol. The molecule has 1 nitrogen and oxygen atoms in total. The summed E-state index contributed by atoms with van der Waals surface area (Å²) in [6.45, 7) is 0.621. The van der Waals surface area contributed by atoms with Crippen molar-refractivity contribution in [2.24, 2.45) is 17.8 Å². The Morgan fingerprint density at radius 2 is 1.61 bits per heavy atom. The van der Waals surface area contributed by atoms with Gasteiger partial charge in [-0.05, 0) is 75.0 Å². The Balaban J connectivity index is 1.53. The van der Waals surface area contributed by atoms with Crippen LogP contribution in [0.15, 0.2) is 24.3 Å². The van der Waals surface area contributed by atoms with E-state index in [1.807, 2.05) is 6.07 Å². The van der Waals surface area contributed by atoms with Gasteiger partial charge in [-0.1, -0.05) is 18.2 Å². The van der Waals surface area contributed by atoms with Crippen LogP contribution in [0.2, 0.25) is 0 Å². The number of hydrogen-bond acceptors (Lipinski definition) is 1. The molecule has 4 saturated carbocycles. The number of hydrogen-bond donors (Lipinski definition) is 0. The lowest BCUT2D eigenvalue weighted by atomic mass is 9.52. The highest BCUT2D eigenvalue weighted by atomic mass is 19.4. The monoisotopic (exact) mass is 323 g/mol. The second-order valence-electron chi connectivity index (χ2n) is 8.20. The minimum atomic E-state index is -4.25. The lowest BCUT2D eigenvalue weighted by Gasteiger charge is -2.60. The highest BCUT2D eigenvalue weighted by molar-refractivity contribution is 5.26. The minimum Gasteiger partial charge on any atom is -0.296 e. The number of nitrogens with zero attached hydrogens (tertiary/aromatic N) is 1. The first-order valence-corrected chi connectivity index (χ1v) is 8.71. The number of benzene rings is 1. The summed E-state index contributed by atoms with van der Waals surface area (Å²) in [5, 5.41) is 0. The number of halogens is 3. The standard InChI is InChI=1S/C19H24F3N/c1-23(12-13-3-2-4-17(8-13)19(20,21)22)18-9-14-5-15(10-18)7-16(6-14)11-18/h2-4,8,14-16H,5-7,9-12H2,1H3. The first-order chi connectivity index (χ1) is 10.8. The molecule has 0 saturated heterocycles. The highest BCUT2D eigenvalue weighted by Crippen LogP contribution is 2.57. The molecule has 4 bridgehead atoms. The third-order valence-corrected chi connectivity index (χ3v) is 6.49. The maximum absolute atomic E-state index is 12.9. The quantitative estimate of drug-likeness (QED) is 0.747. The Morgan fingerprint density at radius 3 is 2.13 bits per heavy atom. The van der Waals surface area contributed by atoms with Gasteiger partial charge in [-0.3, -0.25) is 4.90 Å². The van der Waals surface area contributed by atoms with Crippen LogP contribution in [-0.4, -0.2) is 17.5 Å². The second kappa shape index (κ2) is 5.23. The molecule has 0 N–H and O–H groups in total. The van der Waals surface area contributed by atoms with E-state index in [4.69, 9.17) is 0 Å². The summed E-state index contributed by atoms with van der Waals surface area (Å²) < 4.78 is 38.7. The van der Waals surface area contributed by atoms with Gasteiger partial charge in [0.05, 0.1) is 5.56 Å². The number of rotatable bonds is 3. The van der Waals surface area contributed by atoms with E-state index in [1.54, 1.807) is 0 Å². The van der Waals surface area contributed by atoms with Crippen molar-refractivity contribution in [2.45, 2.75) is 56.8 Å². The molecule has 0 amide bonds. The normalized spacial score (nSPS) is 36.0. The summed E-state index contributed by atoms with van der Waals surface area (Å²) in [6, 6.07) is 5.84. The van der Waals surface area contributed by atoms with Crippen LogP contribution in [0, 0.1) is 17.8 Å². The molecule has 1 aromatic rings. The van der Waals surface area contributed by atoms with Gasteiger partial charge in [0.2, 0.25) is 0 Å². The fourth-order valence-corrected chi connectivity index (χ4v) is 5.82. The molecule has 4 aliphatic rings. The van der Waals surface area contributed by atoms with Gasteiger partial charge in [-0.25, -0.2) is 0 Å². The zero-order valence-corrected chi connectivity index (χ0v) is 13.6. The van der Waals surface area contributed by atoms with Crippen LogP contribution in [-0.2, 0) is 12.7 Å². The van der Waals surface area contributed by atoms with Crippen molar-refractivity contribution in [1.82, 2.24) is 4.90 Å². The molecule has 4 fully saturated rings. The molecule has 4 aliphatic carbocycles. The molecule has 0 spiro atoms. The summed E-state index contributed by atoms with van der Waals surface area (Å²) in [5.41, 5.74) is 0.482. The van der Waals surface area contributed by atoms with E-state index in [9.17, 15) is 13.2 Å². The van der Waals surface area contributed by atoms with Crippen molar-refractivity contribution in [3.63, 3.8) is 0 Å². The molecule has 23 heavy (non-hydrogen) atoms. The Morgan fingerprint density at radius 1 is 1.04 bits per heavy atom. The molecule has 0 aromatic heterocycles. The predicted molar refractivity (Wildman–Crippen MR) is 83.8 cm³/mol.